The van der Waals surface area contributed by atoms with E-state index in [1.807, 2.05) is 12.3 Å². The van der Waals surface area contributed by atoms with E-state index >= 15 is 0 Å². The van der Waals surface area contributed by atoms with Crippen molar-refractivity contribution in [1.29, 1.82) is 0 Å². The third kappa shape index (κ3) is 3.11. The van der Waals surface area contributed by atoms with Gasteiger partial charge < -0.3 is 5.11 Å². The number of rotatable bonds is 4. The fraction of sp³-hybridized carbons (Fsp3) is 0.308. The van der Waals surface area contributed by atoms with Crippen LogP contribution >= 0.6 is 11.3 Å². The van der Waals surface area contributed by atoms with Gasteiger partial charge in [0, 0.05) is 23.1 Å². The Morgan fingerprint density at radius 3 is 2.67 bits per heavy atom. The summed E-state index contributed by atoms with van der Waals surface area (Å²) < 4.78 is 25.1. The van der Waals surface area contributed by atoms with Gasteiger partial charge in [0.2, 0.25) is 0 Å². The summed E-state index contributed by atoms with van der Waals surface area (Å²) in [4.78, 5) is 4.24. The van der Waals surface area contributed by atoms with Crippen LogP contribution in [0.15, 0.2) is 29.6 Å². The zero-order valence-electron chi connectivity index (χ0n) is 9.81. The second-order valence-corrected chi connectivity index (χ2v) is 5.02. The van der Waals surface area contributed by atoms with Gasteiger partial charge in [-0.05, 0) is 18.6 Å². The summed E-state index contributed by atoms with van der Waals surface area (Å²) in [6.45, 7) is 1.88. The lowest BCUT2D eigenvalue weighted by atomic mass is 10.0. The number of alkyl halides is 2. The molecule has 0 saturated carbocycles. The number of hydrogen-bond donors (Lipinski definition) is 1. The zero-order chi connectivity index (χ0) is 13.1. The van der Waals surface area contributed by atoms with Gasteiger partial charge in [-0.1, -0.05) is 18.2 Å². The molecule has 1 unspecified atom stereocenters. The monoisotopic (exact) mass is 269 g/mol. The van der Waals surface area contributed by atoms with Crippen molar-refractivity contribution >= 4 is 11.3 Å². The molecule has 0 radical (unpaired) electrons. The normalized spacial score (nSPS) is 12.9. The second kappa shape index (κ2) is 5.54. The Balaban J connectivity index is 2.13. The summed E-state index contributed by atoms with van der Waals surface area (Å²) in [5.74, 6) is 0. The molecule has 1 heterocycles. The van der Waals surface area contributed by atoms with E-state index < -0.39 is 12.5 Å². The first-order valence-corrected chi connectivity index (χ1v) is 6.41. The Kier molecular flexibility index (Phi) is 4.04. The molecular formula is C13H13F2NOS. The van der Waals surface area contributed by atoms with Crippen LogP contribution in [0.3, 0.4) is 0 Å². The lowest BCUT2D eigenvalue weighted by Gasteiger charge is -2.10. The van der Waals surface area contributed by atoms with E-state index in [1.165, 1.54) is 29.5 Å². The zero-order valence-corrected chi connectivity index (χ0v) is 10.6. The molecule has 0 bridgehead atoms. The van der Waals surface area contributed by atoms with Crippen molar-refractivity contribution in [3.05, 3.63) is 51.5 Å². The Hall–Kier alpha value is -1.33. The van der Waals surface area contributed by atoms with E-state index in [-0.39, 0.29) is 5.56 Å². The molecule has 2 aromatic rings. The Morgan fingerprint density at radius 1 is 1.33 bits per heavy atom. The second-order valence-electron chi connectivity index (χ2n) is 4.07. The van der Waals surface area contributed by atoms with Crippen LogP contribution in [0.5, 0.6) is 0 Å². The number of thiazole rings is 1. The van der Waals surface area contributed by atoms with Crippen LogP contribution in [0.2, 0.25) is 0 Å². The smallest absolute Gasteiger partial charge is 0.263 e. The minimum absolute atomic E-state index is 0.0677. The average molecular weight is 269 g/mol. The molecule has 0 aliphatic heterocycles. The van der Waals surface area contributed by atoms with Crippen molar-refractivity contribution in [3.63, 3.8) is 0 Å². The fourth-order valence-electron chi connectivity index (χ4n) is 1.68. The van der Waals surface area contributed by atoms with Crippen LogP contribution in [0.25, 0.3) is 0 Å². The molecule has 0 aliphatic carbocycles. The maximum atomic E-state index is 12.5. The average Bonchev–Trinajstić information content (AvgIpc) is 2.75. The first-order valence-electron chi connectivity index (χ1n) is 5.53. The summed E-state index contributed by atoms with van der Waals surface area (Å²) >= 11 is 1.46. The predicted molar refractivity (Wildman–Crippen MR) is 66.9 cm³/mol. The predicted octanol–water partition coefficient (Wildman–Crippen LogP) is 3.67. The van der Waals surface area contributed by atoms with E-state index in [2.05, 4.69) is 4.98 Å². The van der Waals surface area contributed by atoms with Crippen molar-refractivity contribution < 1.29 is 13.9 Å². The SMILES string of the molecule is Cc1csc(CC(O)c2cccc(C(F)F)c2)n1. The van der Waals surface area contributed by atoms with Crippen molar-refractivity contribution in [1.82, 2.24) is 4.98 Å². The summed E-state index contributed by atoms with van der Waals surface area (Å²) in [6.07, 6.45) is -2.96. The molecule has 0 amide bonds. The standard InChI is InChI=1S/C13H13F2NOS/c1-8-7-18-12(16-8)6-11(17)9-3-2-4-10(5-9)13(14)15/h2-5,7,11,13,17H,6H2,1H3. The van der Waals surface area contributed by atoms with Crippen LogP contribution in [-0.2, 0) is 6.42 Å². The van der Waals surface area contributed by atoms with E-state index in [0.717, 1.165) is 10.7 Å². The van der Waals surface area contributed by atoms with Crippen molar-refractivity contribution in [2.45, 2.75) is 25.9 Å². The van der Waals surface area contributed by atoms with Crippen LogP contribution < -0.4 is 0 Å². The van der Waals surface area contributed by atoms with Gasteiger partial charge >= 0.3 is 0 Å². The van der Waals surface area contributed by atoms with Gasteiger partial charge in [-0.25, -0.2) is 13.8 Å². The summed E-state index contributed by atoms with van der Waals surface area (Å²) in [5, 5.41) is 12.7. The van der Waals surface area contributed by atoms with Crippen molar-refractivity contribution in [2.24, 2.45) is 0 Å². The molecule has 1 atom stereocenters. The highest BCUT2D eigenvalue weighted by Gasteiger charge is 2.14. The van der Waals surface area contributed by atoms with Crippen molar-refractivity contribution in [2.75, 3.05) is 0 Å². The van der Waals surface area contributed by atoms with Gasteiger partial charge in [0.1, 0.15) is 0 Å². The molecule has 18 heavy (non-hydrogen) atoms. The van der Waals surface area contributed by atoms with E-state index in [1.54, 1.807) is 6.07 Å². The van der Waals surface area contributed by atoms with Gasteiger partial charge in [0.25, 0.3) is 6.43 Å². The van der Waals surface area contributed by atoms with Crippen LogP contribution in [0, 0.1) is 6.92 Å². The number of halogens is 2. The number of benzene rings is 1. The molecule has 1 aromatic carbocycles. The fourth-order valence-corrected chi connectivity index (χ4v) is 2.49. The highest BCUT2D eigenvalue weighted by molar-refractivity contribution is 7.09. The Bertz CT molecular complexity index is 527. The minimum atomic E-state index is -2.51. The highest BCUT2D eigenvalue weighted by atomic mass is 32.1. The molecule has 2 rings (SSSR count). The largest absolute Gasteiger partial charge is 0.388 e. The minimum Gasteiger partial charge on any atom is -0.388 e. The van der Waals surface area contributed by atoms with Crippen LogP contribution in [0.1, 0.15) is 34.4 Å². The van der Waals surface area contributed by atoms with E-state index in [9.17, 15) is 13.9 Å². The number of nitrogens with zero attached hydrogens (tertiary/aromatic N) is 1. The third-order valence-electron chi connectivity index (χ3n) is 2.58. The summed E-state index contributed by atoms with van der Waals surface area (Å²) in [7, 11) is 0. The van der Waals surface area contributed by atoms with Crippen LogP contribution in [-0.4, -0.2) is 10.1 Å². The van der Waals surface area contributed by atoms with Crippen LogP contribution in [0.4, 0.5) is 8.78 Å². The number of aliphatic hydroxyl groups is 1. The number of aryl methyl sites for hydroxylation is 1. The molecule has 5 heteroatoms. The lowest BCUT2D eigenvalue weighted by molar-refractivity contribution is 0.149. The first-order chi connectivity index (χ1) is 8.56. The Labute approximate surface area is 108 Å². The first kappa shape index (κ1) is 13.1. The third-order valence-corrected chi connectivity index (χ3v) is 3.57. The van der Waals surface area contributed by atoms with Gasteiger partial charge in [-0.15, -0.1) is 11.3 Å². The maximum Gasteiger partial charge on any atom is 0.263 e. The molecule has 0 aliphatic rings. The summed E-state index contributed by atoms with van der Waals surface area (Å²) in [6, 6.07) is 5.88. The highest BCUT2D eigenvalue weighted by Crippen LogP contribution is 2.25. The Morgan fingerprint density at radius 2 is 2.06 bits per heavy atom. The summed E-state index contributed by atoms with van der Waals surface area (Å²) in [5.41, 5.74) is 1.34. The molecule has 1 aromatic heterocycles. The molecule has 0 spiro atoms. The van der Waals surface area contributed by atoms with E-state index in [0.29, 0.717) is 12.0 Å². The topological polar surface area (TPSA) is 33.1 Å². The number of aromatic nitrogens is 1. The number of hydrogen-bond acceptors (Lipinski definition) is 3. The molecule has 0 saturated heterocycles. The van der Waals surface area contributed by atoms with Crippen molar-refractivity contribution in [3.8, 4) is 0 Å². The molecule has 2 nitrogen and oxygen atoms in total. The van der Waals surface area contributed by atoms with Gasteiger partial charge in [0.15, 0.2) is 0 Å². The number of aliphatic hydroxyl groups excluding tert-OH is 1. The van der Waals surface area contributed by atoms with Gasteiger partial charge in [-0.3, -0.25) is 0 Å². The van der Waals surface area contributed by atoms with E-state index in [4.69, 9.17) is 0 Å². The molecular weight excluding hydrogens is 256 g/mol. The molecule has 0 fully saturated rings. The maximum absolute atomic E-state index is 12.5. The van der Waals surface area contributed by atoms with Gasteiger partial charge in [-0.2, -0.15) is 0 Å². The molecule has 1 N–H and O–H groups in total. The van der Waals surface area contributed by atoms with Gasteiger partial charge in [0.05, 0.1) is 11.1 Å². The quantitative estimate of drug-likeness (QED) is 0.918. The molecule has 96 valence electrons. The lowest BCUT2D eigenvalue weighted by Crippen LogP contribution is -2.02.